The van der Waals surface area contributed by atoms with Gasteiger partial charge in [-0.2, -0.15) is 5.10 Å². The minimum absolute atomic E-state index is 0.0159. The van der Waals surface area contributed by atoms with E-state index in [1.54, 1.807) is 11.3 Å². The molecule has 5 fully saturated rings. The van der Waals surface area contributed by atoms with Crippen LogP contribution < -0.4 is 10.2 Å². The molecule has 310 valence electrons. The van der Waals surface area contributed by atoms with Crippen molar-refractivity contribution in [2.45, 2.75) is 111 Å². The van der Waals surface area contributed by atoms with E-state index in [9.17, 15) is 9.90 Å². The second kappa shape index (κ2) is 14.2. The van der Waals surface area contributed by atoms with Gasteiger partial charge in [0.2, 0.25) is 22.9 Å². The third-order valence-electron chi connectivity index (χ3n) is 14.3. The lowest BCUT2D eigenvalue weighted by molar-refractivity contribution is -0.740. The standard InChI is InChI=1S/C45H54IN9O3S/c1-28-10-12-34-35(19-28)59-41(48-34)50-38-29(2)31-9-8-14-53(39(31)52-51-38)36-13-11-32(37(49-36)40(56)57)33-20-47-54(30(33)3)27-44-22-42(4)21-43(5,23-44)25-45(24-42,26-44)58-18-17-55(46)15-6-7-16-55/h10-13,19-20H,6-9,14-18,21-27H2,1-5H3,(H-,48,50,51,56,57)/p+1. The first-order valence-corrected chi connectivity index (χ1v) is 23.2. The number of carboxylic acids is 1. The van der Waals surface area contributed by atoms with Crippen LogP contribution in [0.3, 0.4) is 0 Å². The van der Waals surface area contributed by atoms with Crippen molar-refractivity contribution >= 4 is 73.0 Å². The number of hydrogen-bond acceptors (Lipinski definition) is 10. The zero-order chi connectivity index (χ0) is 41.0. The summed E-state index contributed by atoms with van der Waals surface area (Å²) in [5.74, 6) is 0.875. The molecular weight excluding hydrogens is 874 g/mol. The van der Waals surface area contributed by atoms with Gasteiger partial charge in [0.15, 0.2) is 22.5 Å². The highest BCUT2D eigenvalue weighted by Gasteiger charge is 2.66. The Bertz CT molecular complexity index is 2480. The Labute approximate surface area is 364 Å². The molecule has 1 aromatic carbocycles. The Balaban J connectivity index is 0.901. The Morgan fingerprint density at radius 3 is 2.51 bits per heavy atom. The maximum absolute atomic E-state index is 13.0. The number of hydrogen-bond donors (Lipinski definition) is 2. The van der Waals surface area contributed by atoms with Crippen molar-refractivity contribution in [3.63, 3.8) is 0 Å². The summed E-state index contributed by atoms with van der Waals surface area (Å²) in [5, 5.41) is 29.1. The first kappa shape index (κ1) is 39.4. The molecule has 4 aromatic heterocycles. The lowest BCUT2D eigenvalue weighted by Crippen LogP contribution is -2.64. The largest absolute Gasteiger partial charge is 0.476 e. The van der Waals surface area contributed by atoms with Crippen LogP contribution in [0.15, 0.2) is 36.5 Å². The third kappa shape index (κ3) is 7.12. The Morgan fingerprint density at radius 1 is 0.966 bits per heavy atom. The predicted octanol–water partition coefficient (Wildman–Crippen LogP) is 9.89. The summed E-state index contributed by atoms with van der Waals surface area (Å²) < 4.78 is 11.5. The summed E-state index contributed by atoms with van der Waals surface area (Å²) in [6, 6.07) is 10.1. The number of carbonyl (C=O) groups is 1. The molecule has 2 N–H and O–H groups in total. The highest BCUT2D eigenvalue weighted by Crippen LogP contribution is 2.72. The number of aromatic nitrogens is 6. The molecule has 12 nitrogen and oxygen atoms in total. The number of halogens is 1. The average Bonchev–Trinajstić information content (AvgIpc) is 3.88. The number of nitrogens with zero attached hydrogens (tertiary/aromatic N) is 8. The summed E-state index contributed by atoms with van der Waals surface area (Å²) in [7, 11) is 0. The van der Waals surface area contributed by atoms with E-state index in [1.807, 2.05) is 29.3 Å². The van der Waals surface area contributed by atoms with E-state index < -0.39 is 5.97 Å². The molecule has 0 radical (unpaired) electrons. The highest BCUT2D eigenvalue weighted by molar-refractivity contribution is 14.1. The second-order valence-electron chi connectivity index (χ2n) is 19.6. The summed E-state index contributed by atoms with van der Waals surface area (Å²) in [5.41, 5.74) is 7.10. The van der Waals surface area contributed by atoms with Gasteiger partial charge in [0.05, 0.1) is 41.7 Å². The van der Waals surface area contributed by atoms with Crippen LogP contribution in [-0.2, 0) is 17.7 Å². The zero-order valence-electron chi connectivity index (χ0n) is 34.9. The molecule has 4 saturated carbocycles. The van der Waals surface area contributed by atoms with Gasteiger partial charge >= 0.3 is 5.97 Å². The number of rotatable bonds is 11. The van der Waals surface area contributed by atoms with Crippen molar-refractivity contribution in [3.05, 3.63) is 64.6 Å². The Morgan fingerprint density at radius 2 is 1.75 bits per heavy atom. The number of nitrogens with one attached hydrogen (secondary N) is 1. The van der Waals surface area contributed by atoms with Crippen LogP contribution in [0.2, 0.25) is 0 Å². The molecule has 4 aliphatic carbocycles. The molecule has 0 spiro atoms. The third-order valence-corrected chi connectivity index (χ3v) is 16.7. The number of quaternary nitrogens is 1. The van der Waals surface area contributed by atoms with E-state index >= 15 is 0 Å². The van der Waals surface area contributed by atoms with Crippen molar-refractivity contribution in [1.29, 1.82) is 0 Å². The fourth-order valence-corrected chi connectivity index (χ4v) is 14.8. The molecule has 1 saturated heterocycles. The molecule has 0 amide bonds. The molecular formula is C45H55IN9O3S+. The predicted molar refractivity (Wildman–Crippen MR) is 240 cm³/mol. The van der Waals surface area contributed by atoms with Gasteiger partial charge in [0.1, 0.15) is 12.4 Å². The van der Waals surface area contributed by atoms with Crippen LogP contribution in [0.4, 0.5) is 22.6 Å². The zero-order valence-corrected chi connectivity index (χ0v) is 37.9. The van der Waals surface area contributed by atoms with E-state index in [-0.39, 0.29) is 27.5 Å². The van der Waals surface area contributed by atoms with Gasteiger partial charge in [-0.05, 0) is 118 Å². The van der Waals surface area contributed by atoms with Crippen molar-refractivity contribution in [2.24, 2.45) is 16.2 Å². The van der Waals surface area contributed by atoms with Crippen LogP contribution in [0.1, 0.15) is 105 Å². The Kier molecular flexibility index (Phi) is 9.46. The summed E-state index contributed by atoms with van der Waals surface area (Å²) in [6.07, 6.45) is 13.2. The number of aromatic carboxylic acids is 1. The molecule has 5 aromatic rings. The maximum Gasteiger partial charge on any atom is 0.355 e. The van der Waals surface area contributed by atoms with Crippen LogP contribution in [0.25, 0.3) is 21.3 Å². The topological polar surface area (TPSA) is 131 Å². The van der Waals surface area contributed by atoms with Gasteiger partial charge in [0.25, 0.3) is 0 Å². The fraction of sp³-hybridized carbons (Fsp3) is 0.556. The maximum atomic E-state index is 13.0. The number of likely N-dealkylation sites (tertiary alicyclic amines) is 1. The van der Waals surface area contributed by atoms with E-state index in [1.165, 1.54) is 50.8 Å². The number of fused-ring (bicyclic) bond motifs is 2. The van der Waals surface area contributed by atoms with Gasteiger partial charge in [0, 0.05) is 53.9 Å². The van der Waals surface area contributed by atoms with Crippen LogP contribution in [0.5, 0.6) is 0 Å². The summed E-state index contributed by atoms with van der Waals surface area (Å²) in [4.78, 5) is 24.6. The molecule has 2 unspecified atom stereocenters. The van der Waals surface area contributed by atoms with Gasteiger partial charge in [-0.25, -0.2) is 14.8 Å². The van der Waals surface area contributed by atoms with Crippen molar-refractivity contribution < 1.29 is 17.3 Å². The number of thiazole rings is 1. The summed E-state index contributed by atoms with van der Waals surface area (Å²) >= 11 is 4.26. The number of pyridine rings is 1. The van der Waals surface area contributed by atoms with Crippen LogP contribution in [0, 0.1) is 37.0 Å². The van der Waals surface area contributed by atoms with Gasteiger partial charge < -0.3 is 20.1 Å². The molecule has 14 heteroatoms. The monoisotopic (exact) mass is 928 g/mol. The van der Waals surface area contributed by atoms with Crippen LogP contribution >= 0.6 is 34.2 Å². The van der Waals surface area contributed by atoms with E-state index in [2.05, 4.69) is 84.7 Å². The normalized spacial score (nSPS) is 28.1. The van der Waals surface area contributed by atoms with E-state index in [4.69, 9.17) is 24.9 Å². The van der Waals surface area contributed by atoms with Gasteiger partial charge in [-0.15, -0.1) is 10.2 Å². The minimum atomic E-state index is -1.07. The van der Waals surface area contributed by atoms with Crippen molar-refractivity contribution in [1.82, 2.24) is 29.9 Å². The van der Waals surface area contributed by atoms with Gasteiger partial charge in [-0.3, -0.25) is 7.38 Å². The molecule has 4 bridgehead atoms. The lowest BCUT2D eigenvalue weighted by atomic mass is 9.39. The fourth-order valence-electron chi connectivity index (χ4n) is 13.0. The first-order chi connectivity index (χ1) is 28.1. The molecule has 2 atom stereocenters. The minimum Gasteiger partial charge on any atom is -0.476 e. The van der Waals surface area contributed by atoms with Crippen molar-refractivity contribution in [3.8, 4) is 11.1 Å². The van der Waals surface area contributed by atoms with E-state index in [0.29, 0.717) is 29.6 Å². The van der Waals surface area contributed by atoms with Crippen LogP contribution in [-0.4, -0.2) is 82.1 Å². The SMILES string of the molecule is Cc1ccc2nc(Nc3nnc4c(c3C)CCCN4c3ccc(-c4cnn(CC56CC7(C)CC(C)(C5)CC(OCC[N+]5(I)CCCC5)(C7)C6)c4C)c(C(=O)O)n3)sc2c1. The number of aryl methyl sites for hydroxylation is 1. The number of benzene rings is 1. The van der Waals surface area contributed by atoms with Gasteiger partial charge in [-0.1, -0.05) is 31.3 Å². The number of ether oxygens (including phenoxy) is 1. The highest BCUT2D eigenvalue weighted by atomic mass is 127. The Hall–Kier alpha value is -3.73. The quantitative estimate of drug-likeness (QED) is 0.0975. The molecule has 6 heterocycles. The number of anilines is 4. The van der Waals surface area contributed by atoms with Crippen molar-refractivity contribution in [2.75, 3.05) is 43.0 Å². The average molecular weight is 929 g/mol. The second-order valence-corrected chi connectivity index (χ2v) is 22.7. The first-order valence-electron chi connectivity index (χ1n) is 21.4. The lowest BCUT2D eigenvalue weighted by Gasteiger charge is -2.69. The smallest absolute Gasteiger partial charge is 0.355 e. The number of carboxylic acid groups (broad SMARTS) is 1. The molecule has 6 aliphatic rings. The molecule has 11 rings (SSSR count). The molecule has 2 aliphatic heterocycles. The molecule has 59 heavy (non-hydrogen) atoms. The summed E-state index contributed by atoms with van der Waals surface area (Å²) in [6.45, 7) is 17.1. The van der Waals surface area contributed by atoms with E-state index in [0.717, 1.165) is 92.2 Å².